The standard InChI is InChI=1S/C26H44Br2O2/c1-19(2)9-7-11-21(5)13-15-29-25-17-23(27)24(28)18-26(25)30-16-14-22(6)12-8-10-20(3)4/h17-22H,7-16H2,1-6H3. The van der Waals surface area contributed by atoms with Gasteiger partial charge in [-0.15, -0.1) is 0 Å². The zero-order valence-electron chi connectivity index (χ0n) is 20.1. The Bertz CT molecular complexity index is 536. The van der Waals surface area contributed by atoms with E-state index in [2.05, 4.69) is 73.4 Å². The van der Waals surface area contributed by atoms with Crippen molar-refractivity contribution >= 4 is 31.9 Å². The minimum atomic E-state index is 0.693. The van der Waals surface area contributed by atoms with E-state index < -0.39 is 0 Å². The van der Waals surface area contributed by atoms with Crippen LogP contribution in [-0.2, 0) is 0 Å². The Labute approximate surface area is 203 Å². The zero-order valence-corrected chi connectivity index (χ0v) is 23.3. The van der Waals surface area contributed by atoms with Crippen molar-refractivity contribution in [1.29, 1.82) is 0 Å². The summed E-state index contributed by atoms with van der Waals surface area (Å²) in [6, 6.07) is 4.05. The van der Waals surface area contributed by atoms with Crippen molar-refractivity contribution in [3.63, 3.8) is 0 Å². The number of ether oxygens (including phenoxy) is 2. The van der Waals surface area contributed by atoms with Crippen LogP contribution < -0.4 is 9.47 Å². The minimum absolute atomic E-state index is 0.693. The molecular weight excluding hydrogens is 504 g/mol. The van der Waals surface area contributed by atoms with Gasteiger partial charge in [0.1, 0.15) is 0 Å². The van der Waals surface area contributed by atoms with Gasteiger partial charge in [0, 0.05) is 8.95 Å². The Kier molecular flexibility index (Phi) is 14.4. The van der Waals surface area contributed by atoms with Crippen LogP contribution >= 0.6 is 31.9 Å². The number of rotatable bonds is 16. The quantitative estimate of drug-likeness (QED) is 0.205. The zero-order chi connectivity index (χ0) is 22.5. The lowest BCUT2D eigenvalue weighted by atomic mass is 9.98. The van der Waals surface area contributed by atoms with Crippen LogP contribution in [0, 0.1) is 23.7 Å². The second-order valence-electron chi connectivity index (χ2n) is 9.85. The largest absolute Gasteiger partial charge is 0.490 e. The second-order valence-corrected chi connectivity index (χ2v) is 11.6. The van der Waals surface area contributed by atoms with E-state index in [1.165, 1.54) is 38.5 Å². The number of benzene rings is 1. The summed E-state index contributed by atoms with van der Waals surface area (Å²) in [7, 11) is 0. The summed E-state index contributed by atoms with van der Waals surface area (Å²) in [5.41, 5.74) is 0. The molecule has 1 aromatic carbocycles. The Hall–Kier alpha value is -0.220. The molecule has 0 saturated carbocycles. The lowest BCUT2D eigenvalue weighted by Gasteiger charge is -2.17. The summed E-state index contributed by atoms with van der Waals surface area (Å²) in [5, 5.41) is 0. The van der Waals surface area contributed by atoms with Gasteiger partial charge in [0.25, 0.3) is 0 Å². The maximum Gasteiger partial charge on any atom is 0.162 e. The van der Waals surface area contributed by atoms with E-state index in [1.807, 2.05) is 12.1 Å². The van der Waals surface area contributed by atoms with Gasteiger partial charge < -0.3 is 9.47 Å². The van der Waals surface area contributed by atoms with Gasteiger partial charge >= 0.3 is 0 Å². The topological polar surface area (TPSA) is 18.5 Å². The van der Waals surface area contributed by atoms with Crippen LogP contribution in [0.25, 0.3) is 0 Å². The predicted molar refractivity (Wildman–Crippen MR) is 138 cm³/mol. The van der Waals surface area contributed by atoms with E-state index in [0.717, 1.165) is 58.3 Å². The van der Waals surface area contributed by atoms with E-state index in [-0.39, 0.29) is 0 Å². The first-order chi connectivity index (χ1) is 14.2. The fraction of sp³-hybridized carbons (Fsp3) is 0.769. The van der Waals surface area contributed by atoms with Crippen molar-refractivity contribution < 1.29 is 9.47 Å². The van der Waals surface area contributed by atoms with E-state index in [1.54, 1.807) is 0 Å². The Balaban J connectivity index is 2.47. The normalized spacial score (nSPS) is 13.7. The predicted octanol–water partition coefficient (Wildman–Crippen LogP) is 9.67. The number of halogens is 2. The van der Waals surface area contributed by atoms with Crippen molar-refractivity contribution in [2.45, 2.75) is 92.9 Å². The summed E-state index contributed by atoms with van der Waals surface area (Å²) >= 11 is 7.20. The van der Waals surface area contributed by atoms with Crippen molar-refractivity contribution in [3.8, 4) is 11.5 Å². The summed E-state index contributed by atoms with van der Waals surface area (Å²) in [4.78, 5) is 0. The molecule has 0 bridgehead atoms. The van der Waals surface area contributed by atoms with Crippen LogP contribution in [0.5, 0.6) is 11.5 Å². The highest BCUT2D eigenvalue weighted by Crippen LogP contribution is 2.37. The molecular formula is C26H44Br2O2. The first-order valence-corrected chi connectivity index (χ1v) is 13.5. The molecule has 0 N–H and O–H groups in total. The molecule has 2 nitrogen and oxygen atoms in total. The van der Waals surface area contributed by atoms with Crippen molar-refractivity contribution in [2.75, 3.05) is 13.2 Å². The summed E-state index contributed by atoms with van der Waals surface area (Å²) in [6.07, 6.45) is 9.99. The fourth-order valence-corrected chi connectivity index (χ4v) is 4.16. The molecule has 0 aliphatic carbocycles. The highest BCUT2D eigenvalue weighted by Gasteiger charge is 2.12. The van der Waals surface area contributed by atoms with Gasteiger partial charge in [-0.2, -0.15) is 0 Å². The molecule has 174 valence electrons. The third-order valence-corrected chi connectivity index (χ3v) is 7.52. The molecule has 0 heterocycles. The molecule has 0 amide bonds. The lowest BCUT2D eigenvalue weighted by Crippen LogP contribution is -2.08. The molecule has 30 heavy (non-hydrogen) atoms. The average molecular weight is 548 g/mol. The van der Waals surface area contributed by atoms with Crippen molar-refractivity contribution in [3.05, 3.63) is 21.1 Å². The van der Waals surface area contributed by atoms with E-state index >= 15 is 0 Å². The maximum atomic E-state index is 6.14. The van der Waals surface area contributed by atoms with Crippen molar-refractivity contribution in [2.24, 2.45) is 23.7 Å². The minimum Gasteiger partial charge on any atom is -0.490 e. The molecule has 0 spiro atoms. The molecule has 0 saturated heterocycles. The number of hydrogen-bond acceptors (Lipinski definition) is 2. The van der Waals surface area contributed by atoms with Gasteiger partial charge in [0.2, 0.25) is 0 Å². The van der Waals surface area contributed by atoms with Crippen molar-refractivity contribution in [1.82, 2.24) is 0 Å². The van der Waals surface area contributed by atoms with Gasteiger partial charge in [-0.1, -0.05) is 80.1 Å². The van der Waals surface area contributed by atoms with Gasteiger partial charge in [0.15, 0.2) is 11.5 Å². The third kappa shape index (κ3) is 12.6. The molecule has 1 rings (SSSR count). The third-order valence-electron chi connectivity index (χ3n) is 5.68. The lowest BCUT2D eigenvalue weighted by molar-refractivity contribution is 0.237. The molecule has 0 aliphatic rings. The molecule has 0 fully saturated rings. The van der Waals surface area contributed by atoms with E-state index in [0.29, 0.717) is 11.8 Å². The Morgan fingerprint density at radius 1 is 0.600 bits per heavy atom. The first-order valence-electron chi connectivity index (χ1n) is 11.9. The Morgan fingerprint density at radius 3 is 1.30 bits per heavy atom. The molecule has 2 atom stereocenters. The van der Waals surface area contributed by atoms with Gasteiger partial charge in [-0.25, -0.2) is 0 Å². The summed E-state index contributed by atoms with van der Waals surface area (Å²) in [6.45, 7) is 15.3. The van der Waals surface area contributed by atoms with Crippen LogP contribution in [0.1, 0.15) is 92.9 Å². The first kappa shape index (κ1) is 27.8. The van der Waals surface area contributed by atoms with Gasteiger partial charge in [0.05, 0.1) is 13.2 Å². The second kappa shape index (κ2) is 15.6. The molecule has 0 radical (unpaired) electrons. The summed E-state index contributed by atoms with van der Waals surface area (Å²) < 4.78 is 14.3. The van der Waals surface area contributed by atoms with E-state index in [4.69, 9.17) is 9.47 Å². The van der Waals surface area contributed by atoms with Crippen LogP contribution in [0.2, 0.25) is 0 Å². The van der Waals surface area contributed by atoms with E-state index in [9.17, 15) is 0 Å². The van der Waals surface area contributed by atoms with Gasteiger partial charge in [-0.3, -0.25) is 0 Å². The van der Waals surface area contributed by atoms with Crippen LogP contribution in [0.3, 0.4) is 0 Å². The molecule has 0 aromatic heterocycles. The number of hydrogen-bond donors (Lipinski definition) is 0. The highest BCUT2D eigenvalue weighted by molar-refractivity contribution is 9.13. The molecule has 0 aliphatic heterocycles. The Morgan fingerprint density at radius 2 is 0.967 bits per heavy atom. The van der Waals surface area contributed by atoms with Gasteiger partial charge in [-0.05, 0) is 80.5 Å². The highest BCUT2D eigenvalue weighted by atomic mass is 79.9. The fourth-order valence-electron chi connectivity index (χ4n) is 3.51. The molecule has 1 aromatic rings. The monoisotopic (exact) mass is 546 g/mol. The smallest absolute Gasteiger partial charge is 0.162 e. The van der Waals surface area contributed by atoms with Crippen LogP contribution in [0.15, 0.2) is 21.1 Å². The maximum absolute atomic E-state index is 6.14. The van der Waals surface area contributed by atoms with Crippen LogP contribution in [-0.4, -0.2) is 13.2 Å². The summed E-state index contributed by atoms with van der Waals surface area (Å²) in [5.74, 6) is 4.66. The average Bonchev–Trinajstić information content (AvgIpc) is 2.64. The van der Waals surface area contributed by atoms with Crippen LogP contribution in [0.4, 0.5) is 0 Å². The SMILES string of the molecule is CC(C)CCCC(C)CCOc1cc(Br)c(Br)cc1OCCC(C)CCCC(C)C. The molecule has 4 heteroatoms. The molecule has 2 unspecified atom stereocenters.